The van der Waals surface area contributed by atoms with Crippen LogP contribution in [0.5, 0.6) is 0 Å². The number of para-hydroxylation sites is 1. The van der Waals surface area contributed by atoms with Crippen molar-refractivity contribution in [2.45, 2.75) is 32.7 Å². The zero-order valence-electron chi connectivity index (χ0n) is 18.9. The molecule has 0 aromatic heterocycles. The van der Waals surface area contributed by atoms with E-state index in [-0.39, 0.29) is 22.9 Å². The highest BCUT2D eigenvalue weighted by Gasteiger charge is 2.31. The van der Waals surface area contributed by atoms with Crippen LogP contribution in [0.1, 0.15) is 42.3 Å². The number of Topliss-reactive ketones (excluding diaryl/α,β-unsaturated/α-hetero) is 1. The number of rotatable bonds is 6. The molecule has 0 atom stereocenters. The lowest BCUT2D eigenvalue weighted by molar-refractivity contribution is -0.110. The fraction of sp³-hybridized carbons (Fsp3) is 0.185. The summed E-state index contributed by atoms with van der Waals surface area (Å²) in [6.45, 7) is 5.61. The van der Waals surface area contributed by atoms with E-state index >= 15 is 0 Å². The van der Waals surface area contributed by atoms with Crippen LogP contribution < -0.4 is 10.7 Å². The number of hydrazone groups is 1. The summed E-state index contributed by atoms with van der Waals surface area (Å²) in [5, 5.41) is 7.41. The largest absolute Gasteiger partial charge is 0.321 e. The molecular weight excluding hydrogens is 412 g/mol. The molecule has 0 aliphatic carbocycles. The predicted molar refractivity (Wildman–Crippen MR) is 133 cm³/mol. The molecule has 1 amide bonds. The number of ketones is 1. The number of amides is 1. The predicted octanol–water partition coefficient (Wildman–Crippen LogP) is 5.12. The summed E-state index contributed by atoms with van der Waals surface area (Å²) in [4.78, 5) is 29.9. The molecule has 0 fully saturated rings. The van der Waals surface area contributed by atoms with Crippen LogP contribution in [0.3, 0.4) is 0 Å². The first kappa shape index (κ1) is 22.1. The average molecular weight is 439 g/mol. The number of benzene rings is 3. The van der Waals surface area contributed by atoms with Crippen molar-refractivity contribution in [1.82, 2.24) is 0 Å². The van der Waals surface area contributed by atoms with E-state index in [4.69, 9.17) is 4.99 Å². The number of hydrogen-bond donors (Lipinski definition) is 2. The minimum atomic E-state index is -0.374. The standard InChI is InChI=1S/C27H26N4O2/c1-18(32)19-13-15-22(16-14-19)30-31-25(26(33)28-21-10-5-4-6-11-21)24-23-12-8-7-9-20(23)17-27(2,3)29-24/h4-16,30H,17H2,1-3H3,(H,28,33). The monoisotopic (exact) mass is 438 g/mol. The van der Waals surface area contributed by atoms with Crippen LogP contribution >= 0.6 is 0 Å². The summed E-state index contributed by atoms with van der Waals surface area (Å²) >= 11 is 0. The van der Waals surface area contributed by atoms with Crippen molar-refractivity contribution >= 4 is 34.5 Å². The van der Waals surface area contributed by atoms with Gasteiger partial charge >= 0.3 is 0 Å². The summed E-state index contributed by atoms with van der Waals surface area (Å²) in [6, 6.07) is 24.2. The van der Waals surface area contributed by atoms with Crippen LogP contribution in [-0.4, -0.2) is 28.7 Å². The van der Waals surface area contributed by atoms with Gasteiger partial charge in [-0.15, -0.1) is 0 Å². The maximum Gasteiger partial charge on any atom is 0.278 e. The molecule has 2 N–H and O–H groups in total. The van der Waals surface area contributed by atoms with Crippen molar-refractivity contribution in [3.63, 3.8) is 0 Å². The summed E-state index contributed by atoms with van der Waals surface area (Å²) in [6.07, 6.45) is 0.778. The lowest BCUT2D eigenvalue weighted by Gasteiger charge is -2.29. The Kier molecular flexibility index (Phi) is 6.18. The minimum absolute atomic E-state index is 0.0108. The molecule has 1 aliphatic heterocycles. The van der Waals surface area contributed by atoms with Crippen molar-refractivity contribution in [1.29, 1.82) is 0 Å². The normalized spacial score (nSPS) is 14.6. The third-order valence-corrected chi connectivity index (χ3v) is 5.37. The summed E-state index contributed by atoms with van der Waals surface area (Å²) in [5.74, 6) is -0.372. The first-order valence-electron chi connectivity index (χ1n) is 10.8. The zero-order chi connectivity index (χ0) is 23.4. The molecule has 0 bridgehead atoms. The third kappa shape index (κ3) is 5.23. The number of nitrogens with zero attached hydrogens (tertiary/aromatic N) is 2. The fourth-order valence-electron chi connectivity index (χ4n) is 3.78. The van der Waals surface area contributed by atoms with Gasteiger partial charge < -0.3 is 5.32 Å². The number of fused-ring (bicyclic) bond motifs is 1. The Bertz CT molecular complexity index is 1240. The van der Waals surface area contributed by atoms with E-state index < -0.39 is 0 Å². The van der Waals surface area contributed by atoms with Crippen LogP contribution in [0.15, 0.2) is 89.0 Å². The quantitative estimate of drug-likeness (QED) is 0.318. The Labute approximate surface area is 193 Å². The van der Waals surface area contributed by atoms with Gasteiger partial charge in [-0.25, -0.2) is 0 Å². The molecule has 6 heteroatoms. The van der Waals surface area contributed by atoms with Crippen LogP contribution in [0.4, 0.5) is 11.4 Å². The Morgan fingerprint density at radius 2 is 1.55 bits per heavy atom. The van der Waals surface area contributed by atoms with Gasteiger partial charge in [0.1, 0.15) is 0 Å². The molecule has 0 spiro atoms. The van der Waals surface area contributed by atoms with Gasteiger partial charge in [0.25, 0.3) is 5.91 Å². The van der Waals surface area contributed by atoms with Gasteiger partial charge in [-0.3, -0.25) is 20.0 Å². The highest BCUT2D eigenvalue weighted by Crippen LogP contribution is 2.27. The van der Waals surface area contributed by atoms with E-state index in [0.29, 0.717) is 22.6 Å². The SMILES string of the molecule is CC(=O)c1ccc(NN=C(C(=O)Nc2ccccc2)C2=NC(C)(C)Cc3ccccc32)cc1. The molecule has 3 aromatic rings. The van der Waals surface area contributed by atoms with Crippen molar-refractivity contribution in [2.24, 2.45) is 10.1 Å². The smallest absolute Gasteiger partial charge is 0.278 e. The van der Waals surface area contributed by atoms with Crippen LogP contribution in [0.25, 0.3) is 0 Å². The summed E-state index contributed by atoms with van der Waals surface area (Å²) in [7, 11) is 0. The number of hydrogen-bond acceptors (Lipinski definition) is 5. The Balaban J connectivity index is 1.74. The fourth-order valence-corrected chi connectivity index (χ4v) is 3.78. The number of carbonyl (C=O) groups excluding carboxylic acids is 2. The molecule has 3 aromatic carbocycles. The number of anilines is 2. The maximum absolute atomic E-state index is 13.4. The second-order valence-corrected chi connectivity index (χ2v) is 8.63. The number of aliphatic imine (C=N–C) groups is 1. The molecule has 4 rings (SSSR count). The molecule has 6 nitrogen and oxygen atoms in total. The molecule has 0 unspecified atom stereocenters. The molecule has 0 saturated carbocycles. The molecule has 1 aliphatic rings. The minimum Gasteiger partial charge on any atom is -0.321 e. The van der Waals surface area contributed by atoms with Gasteiger partial charge in [0.15, 0.2) is 11.5 Å². The van der Waals surface area contributed by atoms with E-state index in [0.717, 1.165) is 17.5 Å². The second-order valence-electron chi connectivity index (χ2n) is 8.63. The van der Waals surface area contributed by atoms with Crippen molar-refractivity contribution in [3.8, 4) is 0 Å². The lowest BCUT2D eigenvalue weighted by Crippen LogP contribution is -2.38. The first-order chi connectivity index (χ1) is 15.8. The molecule has 1 heterocycles. The number of nitrogens with one attached hydrogen (secondary N) is 2. The molecule has 33 heavy (non-hydrogen) atoms. The number of carbonyl (C=O) groups is 2. The first-order valence-corrected chi connectivity index (χ1v) is 10.8. The highest BCUT2D eigenvalue weighted by atomic mass is 16.2. The van der Waals surface area contributed by atoms with Gasteiger partial charge in [0, 0.05) is 16.8 Å². The van der Waals surface area contributed by atoms with E-state index in [1.807, 2.05) is 62.4 Å². The zero-order valence-corrected chi connectivity index (χ0v) is 18.9. The topological polar surface area (TPSA) is 82.9 Å². The van der Waals surface area contributed by atoms with Gasteiger partial charge in [0.05, 0.1) is 16.9 Å². The third-order valence-electron chi connectivity index (χ3n) is 5.37. The van der Waals surface area contributed by atoms with E-state index in [2.05, 4.69) is 21.9 Å². The Morgan fingerprint density at radius 3 is 2.24 bits per heavy atom. The molecule has 0 saturated heterocycles. The summed E-state index contributed by atoms with van der Waals surface area (Å²) in [5.41, 5.74) is 7.29. The van der Waals surface area contributed by atoms with Crippen LogP contribution in [-0.2, 0) is 11.2 Å². The van der Waals surface area contributed by atoms with Crippen LogP contribution in [0.2, 0.25) is 0 Å². The van der Waals surface area contributed by atoms with E-state index in [1.54, 1.807) is 24.3 Å². The van der Waals surface area contributed by atoms with E-state index in [1.165, 1.54) is 6.92 Å². The maximum atomic E-state index is 13.4. The molecular formula is C27H26N4O2. The average Bonchev–Trinajstić information content (AvgIpc) is 2.79. The van der Waals surface area contributed by atoms with Crippen molar-refractivity contribution in [2.75, 3.05) is 10.7 Å². The highest BCUT2D eigenvalue weighted by molar-refractivity contribution is 6.72. The summed E-state index contributed by atoms with van der Waals surface area (Å²) < 4.78 is 0. The van der Waals surface area contributed by atoms with Gasteiger partial charge in [0.2, 0.25) is 0 Å². The van der Waals surface area contributed by atoms with Crippen LogP contribution in [0, 0.1) is 0 Å². The van der Waals surface area contributed by atoms with E-state index in [9.17, 15) is 9.59 Å². The Morgan fingerprint density at radius 1 is 0.879 bits per heavy atom. The van der Waals surface area contributed by atoms with Crippen molar-refractivity contribution < 1.29 is 9.59 Å². The Hall–Kier alpha value is -4.06. The second kappa shape index (κ2) is 9.20. The molecule has 166 valence electrons. The van der Waals surface area contributed by atoms with Gasteiger partial charge in [-0.1, -0.05) is 42.5 Å². The van der Waals surface area contributed by atoms with Gasteiger partial charge in [-0.05, 0) is 69.2 Å². The van der Waals surface area contributed by atoms with Crippen molar-refractivity contribution in [3.05, 3.63) is 95.6 Å². The van der Waals surface area contributed by atoms with Gasteiger partial charge in [-0.2, -0.15) is 5.10 Å². The molecule has 0 radical (unpaired) electrons. The lowest BCUT2D eigenvalue weighted by atomic mass is 9.85.